The van der Waals surface area contributed by atoms with Crippen molar-refractivity contribution >= 4 is 17.6 Å². The molecule has 1 atom stereocenters. The highest BCUT2D eigenvalue weighted by Gasteiger charge is 2.30. The summed E-state index contributed by atoms with van der Waals surface area (Å²) in [7, 11) is 0. The Hall–Kier alpha value is -2.04. The zero-order chi connectivity index (χ0) is 14.0. The monoisotopic (exact) mass is 261 g/mol. The summed E-state index contributed by atoms with van der Waals surface area (Å²) >= 11 is 0. The molecule has 3 amide bonds. The fourth-order valence-corrected chi connectivity index (χ4v) is 2.06. The standard InChI is InChI=1S/C14H19N3O2/c1-9(2)15-14(19)17-8-11-6-4-5-7-12(11)16-13(18)10(17)3/h4-7,9-10H,8H2,1-3H3,(H,15,19)(H,16,18). The van der Waals surface area contributed by atoms with Gasteiger partial charge >= 0.3 is 6.03 Å². The van der Waals surface area contributed by atoms with Crippen molar-refractivity contribution in [2.24, 2.45) is 0 Å². The summed E-state index contributed by atoms with van der Waals surface area (Å²) in [5.41, 5.74) is 1.72. The Balaban J connectivity index is 2.29. The molecule has 5 nitrogen and oxygen atoms in total. The van der Waals surface area contributed by atoms with Gasteiger partial charge < -0.3 is 15.5 Å². The molecule has 102 valence electrons. The van der Waals surface area contributed by atoms with Gasteiger partial charge in [0, 0.05) is 11.7 Å². The maximum atomic E-state index is 12.2. The summed E-state index contributed by atoms with van der Waals surface area (Å²) in [6.07, 6.45) is 0. The average molecular weight is 261 g/mol. The van der Waals surface area contributed by atoms with E-state index < -0.39 is 6.04 Å². The predicted molar refractivity (Wildman–Crippen MR) is 73.7 cm³/mol. The Morgan fingerprint density at radius 3 is 2.79 bits per heavy atom. The third-order valence-electron chi connectivity index (χ3n) is 3.14. The van der Waals surface area contributed by atoms with Crippen LogP contribution in [0.3, 0.4) is 0 Å². The molecule has 1 aromatic rings. The first-order chi connectivity index (χ1) is 8.99. The van der Waals surface area contributed by atoms with Crippen molar-refractivity contribution in [3.05, 3.63) is 29.8 Å². The highest BCUT2D eigenvalue weighted by atomic mass is 16.2. The molecule has 5 heteroatoms. The van der Waals surface area contributed by atoms with Gasteiger partial charge in [0.25, 0.3) is 0 Å². The second-order valence-corrected chi connectivity index (χ2v) is 5.05. The molecular formula is C14H19N3O2. The van der Waals surface area contributed by atoms with Crippen molar-refractivity contribution in [2.45, 2.75) is 39.4 Å². The SMILES string of the molecule is CC(C)NC(=O)N1Cc2ccccc2NC(=O)C1C. The van der Waals surface area contributed by atoms with E-state index in [1.165, 1.54) is 0 Å². The van der Waals surface area contributed by atoms with Crippen molar-refractivity contribution in [1.82, 2.24) is 10.2 Å². The molecule has 1 aliphatic rings. The number of hydrogen-bond donors (Lipinski definition) is 2. The van der Waals surface area contributed by atoms with Crippen LogP contribution in [0.1, 0.15) is 26.3 Å². The number of fused-ring (bicyclic) bond motifs is 1. The van der Waals surface area contributed by atoms with Crippen LogP contribution in [-0.2, 0) is 11.3 Å². The van der Waals surface area contributed by atoms with Gasteiger partial charge in [0.05, 0.1) is 6.54 Å². The lowest BCUT2D eigenvalue weighted by Crippen LogP contribution is -2.49. The maximum absolute atomic E-state index is 12.2. The Bertz CT molecular complexity index is 499. The van der Waals surface area contributed by atoms with Gasteiger partial charge in [-0.15, -0.1) is 0 Å². The minimum absolute atomic E-state index is 0.0428. The second-order valence-electron chi connectivity index (χ2n) is 5.05. The Kier molecular flexibility index (Phi) is 3.74. The van der Waals surface area contributed by atoms with Crippen LogP contribution in [0.2, 0.25) is 0 Å². The molecule has 0 bridgehead atoms. The fraction of sp³-hybridized carbons (Fsp3) is 0.429. The molecule has 1 heterocycles. The third kappa shape index (κ3) is 2.86. The molecule has 1 aliphatic heterocycles. The molecule has 0 fully saturated rings. The van der Waals surface area contributed by atoms with Gasteiger partial charge in [0.15, 0.2) is 0 Å². The van der Waals surface area contributed by atoms with E-state index >= 15 is 0 Å². The molecule has 2 rings (SSSR count). The van der Waals surface area contributed by atoms with Crippen LogP contribution in [0.5, 0.6) is 0 Å². The van der Waals surface area contributed by atoms with Crippen LogP contribution in [0.4, 0.5) is 10.5 Å². The van der Waals surface area contributed by atoms with E-state index in [0.717, 1.165) is 11.3 Å². The van der Waals surface area contributed by atoms with E-state index in [4.69, 9.17) is 0 Å². The minimum Gasteiger partial charge on any atom is -0.336 e. The summed E-state index contributed by atoms with van der Waals surface area (Å²) in [6.45, 7) is 5.96. The first-order valence-electron chi connectivity index (χ1n) is 6.45. The highest BCUT2D eigenvalue weighted by Crippen LogP contribution is 2.22. The molecule has 0 aliphatic carbocycles. The number of para-hydroxylation sites is 1. The van der Waals surface area contributed by atoms with Crippen molar-refractivity contribution in [2.75, 3.05) is 5.32 Å². The quantitative estimate of drug-likeness (QED) is 0.811. The lowest BCUT2D eigenvalue weighted by atomic mass is 10.1. The van der Waals surface area contributed by atoms with Gasteiger partial charge in [-0.05, 0) is 32.4 Å². The summed E-state index contributed by atoms with van der Waals surface area (Å²) in [6, 6.07) is 6.88. The largest absolute Gasteiger partial charge is 0.336 e. The molecule has 0 spiro atoms. The van der Waals surface area contributed by atoms with Crippen LogP contribution < -0.4 is 10.6 Å². The van der Waals surface area contributed by atoms with E-state index in [2.05, 4.69) is 10.6 Å². The number of benzene rings is 1. The molecular weight excluding hydrogens is 242 g/mol. The van der Waals surface area contributed by atoms with Gasteiger partial charge in [-0.1, -0.05) is 18.2 Å². The number of nitrogens with one attached hydrogen (secondary N) is 2. The predicted octanol–water partition coefficient (Wildman–Crippen LogP) is 1.95. The zero-order valence-corrected chi connectivity index (χ0v) is 11.4. The van der Waals surface area contributed by atoms with Crippen LogP contribution in [0, 0.1) is 0 Å². The number of rotatable bonds is 1. The molecule has 1 aromatic carbocycles. The normalized spacial score (nSPS) is 18.6. The number of urea groups is 1. The Morgan fingerprint density at radius 2 is 2.11 bits per heavy atom. The number of amides is 3. The van der Waals surface area contributed by atoms with Crippen LogP contribution >= 0.6 is 0 Å². The smallest absolute Gasteiger partial charge is 0.318 e. The average Bonchev–Trinajstić information content (AvgIpc) is 2.47. The number of anilines is 1. The summed E-state index contributed by atoms with van der Waals surface area (Å²) in [5.74, 6) is -0.163. The van der Waals surface area contributed by atoms with Crippen LogP contribution in [0.15, 0.2) is 24.3 Å². The first-order valence-corrected chi connectivity index (χ1v) is 6.45. The van der Waals surface area contributed by atoms with E-state index in [-0.39, 0.29) is 18.0 Å². The third-order valence-corrected chi connectivity index (χ3v) is 3.14. The van der Waals surface area contributed by atoms with Crippen molar-refractivity contribution < 1.29 is 9.59 Å². The minimum atomic E-state index is -0.494. The Morgan fingerprint density at radius 1 is 1.42 bits per heavy atom. The van der Waals surface area contributed by atoms with Crippen molar-refractivity contribution in [1.29, 1.82) is 0 Å². The van der Waals surface area contributed by atoms with Crippen LogP contribution in [0.25, 0.3) is 0 Å². The molecule has 0 saturated carbocycles. The molecule has 1 unspecified atom stereocenters. The van der Waals surface area contributed by atoms with Gasteiger partial charge in [-0.25, -0.2) is 4.79 Å². The molecule has 19 heavy (non-hydrogen) atoms. The fourth-order valence-electron chi connectivity index (χ4n) is 2.06. The topological polar surface area (TPSA) is 61.4 Å². The number of carbonyl (C=O) groups is 2. The van der Waals surface area contributed by atoms with Crippen molar-refractivity contribution in [3.63, 3.8) is 0 Å². The zero-order valence-electron chi connectivity index (χ0n) is 11.4. The van der Waals surface area contributed by atoms with Crippen molar-refractivity contribution in [3.8, 4) is 0 Å². The van der Waals surface area contributed by atoms with E-state index in [1.54, 1.807) is 11.8 Å². The maximum Gasteiger partial charge on any atom is 0.318 e. The number of nitrogens with zero attached hydrogens (tertiary/aromatic N) is 1. The van der Waals surface area contributed by atoms with E-state index in [1.807, 2.05) is 38.1 Å². The summed E-state index contributed by atoms with van der Waals surface area (Å²) in [4.78, 5) is 25.8. The van der Waals surface area contributed by atoms with E-state index in [9.17, 15) is 9.59 Å². The summed E-state index contributed by atoms with van der Waals surface area (Å²) in [5, 5.41) is 5.68. The van der Waals surface area contributed by atoms with Crippen LogP contribution in [-0.4, -0.2) is 28.9 Å². The first kappa shape index (κ1) is 13.4. The van der Waals surface area contributed by atoms with Gasteiger partial charge in [-0.2, -0.15) is 0 Å². The van der Waals surface area contributed by atoms with Gasteiger partial charge in [0.1, 0.15) is 6.04 Å². The molecule has 0 saturated heterocycles. The second kappa shape index (κ2) is 5.30. The lowest BCUT2D eigenvalue weighted by molar-refractivity contribution is -0.119. The molecule has 0 aromatic heterocycles. The number of carbonyl (C=O) groups excluding carboxylic acids is 2. The molecule has 0 radical (unpaired) electrons. The highest BCUT2D eigenvalue weighted by molar-refractivity contribution is 5.98. The summed E-state index contributed by atoms with van der Waals surface area (Å²) < 4.78 is 0. The number of hydrogen-bond acceptors (Lipinski definition) is 2. The van der Waals surface area contributed by atoms with E-state index in [0.29, 0.717) is 6.54 Å². The lowest BCUT2D eigenvalue weighted by Gasteiger charge is -2.27. The Labute approximate surface area is 113 Å². The van der Waals surface area contributed by atoms with Gasteiger partial charge in [0.2, 0.25) is 5.91 Å². The molecule has 2 N–H and O–H groups in total. The van der Waals surface area contributed by atoms with Gasteiger partial charge in [-0.3, -0.25) is 4.79 Å².